The van der Waals surface area contributed by atoms with Crippen molar-refractivity contribution in [3.8, 4) is 5.75 Å². The Balaban J connectivity index is 1.58. The van der Waals surface area contributed by atoms with Crippen molar-refractivity contribution in [3.05, 3.63) is 105 Å². The molecule has 5 rings (SSSR count). The van der Waals surface area contributed by atoms with Crippen LogP contribution in [0.3, 0.4) is 0 Å². The number of halogens is 2. The first-order valence-electron chi connectivity index (χ1n) is 9.01. The standard InChI is InChI=1S/C24H17I2O2/c1-27-17-13-11-16(12-14-17)23-20(25)18-9-5-6-10-19(18)24(28-23)22-21(26-22)15-7-3-2-4-8-15/h2-14,24H,1H3/q+1. The Labute approximate surface area is 188 Å². The van der Waals surface area contributed by atoms with Crippen LogP contribution in [0.4, 0.5) is 0 Å². The second-order valence-electron chi connectivity index (χ2n) is 6.58. The molecule has 2 nitrogen and oxygen atoms in total. The lowest BCUT2D eigenvalue weighted by molar-refractivity contribution is -0.437. The molecule has 0 N–H and O–H groups in total. The molecule has 0 aliphatic carbocycles. The minimum Gasteiger partial charge on any atom is -0.497 e. The van der Waals surface area contributed by atoms with Crippen LogP contribution in [0.5, 0.6) is 5.75 Å². The van der Waals surface area contributed by atoms with Crippen molar-refractivity contribution in [1.29, 1.82) is 0 Å². The summed E-state index contributed by atoms with van der Waals surface area (Å²) < 4.78 is 16.1. The van der Waals surface area contributed by atoms with Gasteiger partial charge in [0.25, 0.3) is 7.16 Å². The van der Waals surface area contributed by atoms with Crippen LogP contribution in [0.2, 0.25) is 0 Å². The summed E-state index contributed by atoms with van der Waals surface area (Å²) in [5, 5.41) is 0. The predicted octanol–water partition coefficient (Wildman–Crippen LogP) is 3.50. The first-order valence-corrected chi connectivity index (χ1v) is 12.2. The van der Waals surface area contributed by atoms with Crippen LogP contribution in [0.15, 0.2) is 82.4 Å². The normalized spacial score (nSPS) is 17.9. The number of rotatable bonds is 4. The molecule has 0 aromatic heterocycles. The summed E-state index contributed by atoms with van der Waals surface area (Å²) in [4.78, 5) is 0. The van der Waals surface area contributed by atoms with Crippen molar-refractivity contribution in [2.75, 3.05) is 7.11 Å². The van der Waals surface area contributed by atoms with E-state index in [0.717, 1.165) is 20.7 Å². The largest absolute Gasteiger partial charge is 0.497 e. The summed E-state index contributed by atoms with van der Waals surface area (Å²) in [7, 11) is 1.69. The minimum atomic E-state index is -0.0706. The molecule has 2 aliphatic rings. The van der Waals surface area contributed by atoms with Crippen molar-refractivity contribution in [2.45, 2.75) is 6.10 Å². The summed E-state index contributed by atoms with van der Waals surface area (Å²) in [5.41, 5.74) is 5.00. The maximum absolute atomic E-state index is 6.66. The quantitative estimate of drug-likeness (QED) is 0.433. The van der Waals surface area contributed by atoms with E-state index in [1.54, 1.807) is 7.11 Å². The van der Waals surface area contributed by atoms with Gasteiger partial charge in [-0.2, -0.15) is 0 Å². The lowest BCUT2D eigenvalue weighted by Crippen LogP contribution is -3.49. The number of methoxy groups -OCH3 is 1. The predicted molar refractivity (Wildman–Crippen MR) is 117 cm³/mol. The highest BCUT2D eigenvalue weighted by Gasteiger charge is 2.54. The maximum atomic E-state index is 6.66. The highest BCUT2D eigenvalue weighted by atomic mass is 127. The van der Waals surface area contributed by atoms with Gasteiger partial charge in [0.1, 0.15) is 11.5 Å². The van der Waals surface area contributed by atoms with E-state index in [0.29, 0.717) is 0 Å². The fourth-order valence-electron chi connectivity index (χ4n) is 3.43. The number of ether oxygens (including phenoxy) is 2. The third kappa shape index (κ3) is 3.26. The topological polar surface area (TPSA) is 18.5 Å². The fraction of sp³-hybridized carbons (Fsp3) is 0.0833. The average molecular weight is 591 g/mol. The van der Waals surface area contributed by atoms with Crippen LogP contribution in [-0.2, 0) is 4.74 Å². The molecule has 2 aliphatic heterocycles. The molecule has 3 aromatic rings. The molecule has 3 aromatic carbocycles. The summed E-state index contributed by atoms with van der Waals surface area (Å²) in [6, 6.07) is 27.5. The summed E-state index contributed by atoms with van der Waals surface area (Å²) in [6.45, 7) is 0. The molecular formula is C24H17I2O2+. The van der Waals surface area contributed by atoms with E-state index in [4.69, 9.17) is 9.47 Å². The fourth-order valence-corrected chi connectivity index (χ4v) is 6.81. The van der Waals surface area contributed by atoms with Crippen molar-refractivity contribution in [2.24, 2.45) is 0 Å². The van der Waals surface area contributed by atoms with Crippen molar-refractivity contribution in [1.82, 2.24) is 0 Å². The molecule has 0 bridgehead atoms. The molecular weight excluding hydrogens is 574 g/mol. The van der Waals surface area contributed by atoms with Crippen molar-refractivity contribution >= 4 is 35.5 Å². The van der Waals surface area contributed by atoms with E-state index in [9.17, 15) is 0 Å². The third-order valence-corrected chi connectivity index (χ3v) is 8.86. The molecule has 1 unspecified atom stereocenters. The molecule has 0 fully saturated rings. The summed E-state index contributed by atoms with van der Waals surface area (Å²) in [6.07, 6.45) is 0.0230. The molecule has 28 heavy (non-hydrogen) atoms. The Morgan fingerprint density at radius 3 is 2.32 bits per heavy atom. The minimum absolute atomic E-state index is 0.0230. The molecule has 0 amide bonds. The molecule has 1 atom stereocenters. The van der Waals surface area contributed by atoms with Crippen molar-refractivity contribution in [3.63, 3.8) is 0 Å². The molecule has 2 heterocycles. The van der Waals surface area contributed by atoms with Gasteiger partial charge in [-0.3, -0.25) is 0 Å². The van der Waals surface area contributed by atoms with Gasteiger partial charge < -0.3 is 9.47 Å². The third-order valence-electron chi connectivity index (χ3n) is 4.89. The van der Waals surface area contributed by atoms with Crippen LogP contribution in [0.1, 0.15) is 28.4 Å². The van der Waals surface area contributed by atoms with Gasteiger partial charge >= 0.3 is 21.2 Å². The zero-order chi connectivity index (χ0) is 19.1. The van der Waals surface area contributed by atoms with Crippen LogP contribution in [0, 0.1) is 0 Å². The smallest absolute Gasteiger partial charge is 0.368 e. The lowest BCUT2D eigenvalue weighted by atomic mass is 9.96. The van der Waals surface area contributed by atoms with Gasteiger partial charge in [0.15, 0.2) is 6.10 Å². The van der Waals surface area contributed by atoms with E-state index >= 15 is 0 Å². The van der Waals surface area contributed by atoms with Crippen molar-refractivity contribution < 1.29 is 30.7 Å². The van der Waals surface area contributed by atoms with Gasteiger partial charge in [-0.1, -0.05) is 54.6 Å². The van der Waals surface area contributed by atoms with Crippen LogP contribution >= 0.6 is 22.6 Å². The molecule has 4 heteroatoms. The van der Waals surface area contributed by atoms with E-state index in [1.807, 2.05) is 12.1 Å². The average Bonchev–Trinajstić information content (AvgIpc) is 3.56. The van der Waals surface area contributed by atoms with Gasteiger partial charge in [0, 0.05) is 16.7 Å². The zero-order valence-electron chi connectivity index (χ0n) is 15.2. The summed E-state index contributed by atoms with van der Waals surface area (Å²) in [5.74, 6) is 1.82. The molecule has 138 valence electrons. The van der Waals surface area contributed by atoms with Crippen LogP contribution < -0.4 is 25.9 Å². The Morgan fingerprint density at radius 1 is 0.857 bits per heavy atom. The molecule has 0 saturated carbocycles. The van der Waals surface area contributed by atoms with Gasteiger partial charge in [-0.05, 0) is 52.4 Å². The Morgan fingerprint density at radius 2 is 1.57 bits per heavy atom. The molecule has 0 spiro atoms. The Hall–Kier alpha value is -1.80. The van der Waals surface area contributed by atoms with Gasteiger partial charge in [-0.25, -0.2) is 0 Å². The maximum Gasteiger partial charge on any atom is 0.368 e. The van der Waals surface area contributed by atoms with E-state index in [1.165, 1.54) is 23.9 Å². The highest BCUT2D eigenvalue weighted by Crippen LogP contribution is 2.46. The highest BCUT2D eigenvalue weighted by molar-refractivity contribution is 14.1. The lowest BCUT2D eigenvalue weighted by Gasteiger charge is -2.26. The first kappa shape index (κ1) is 18.2. The first-order chi connectivity index (χ1) is 13.8. The monoisotopic (exact) mass is 591 g/mol. The zero-order valence-corrected chi connectivity index (χ0v) is 19.5. The Bertz CT molecular complexity index is 1100. The SMILES string of the molecule is COc1ccc(C2=C(I)c3ccccc3C(C3=C(c4ccccc4)[I+]3)O2)cc1. The summed E-state index contributed by atoms with van der Waals surface area (Å²) >= 11 is 2.35. The number of fused-ring (bicyclic) bond motifs is 1. The number of hydrogen-bond donors (Lipinski definition) is 0. The van der Waals surface area contributed by atoms with E-state index in [2.05, 4.69) is 89.3 Å². The second kappa shape index (κ2) is 7.55. The second-order valence-corrected chi connectivity index (χ2v) is 10.4. The molecule has 0 radical (unpaired) electrons. The van der Waals surface area contributed by atoms with E-state index in [-0.39, 0.29) is 27.3 Å². The molecule has 0 saturated heterocycles. The van der Waals surface area contributed by atoms with Crippen LogP contribution in [0.25, 0.3) is 12.9 Å². The number of benzene rings is 3. The van der Waals surface area contributed by atoms with Gasteiger partial charge in [-0.15, -0.1) is 0 Å². The van der Waals surface area contributed by atoms with E-state index < -0.39 is 0 Å². The van der Waals surface area contributed by atoms with Gasteiger partial charge in [0.05, 0.1) is 10.7 Å². The van der Waals surface area contributed by atoms with Gasteiger partial charge in [0.2, 0.25) is 0 Å². The number of hydrogen-bond acceptors (Lipinski definition) is 2. The Kier molecular flexibility index (Phi) is 4.92. The van der Waals surface area contributed by atoms with Crippen LogP contribution in [-0.4, -0.2) is 7.11 Å².